The van der Waals surface area contributed by atoms with E-state index in [1.54, 1.807) is 0 Å². The average Bonchev–Trinajstić information content (AvgIpc) is 1.86. The van der Waals surface area contributed by atoms with Gasteiger partial charge in [0.05, 0.1) is 4.67 Å². The normalized spacial score (nSPS) is 14.2. The lowest BCUT2D eigenvalue weighted by atomic mass is 10.3. The van der Waals surface area contributed by atoms with Gasteiger partial charge in [-0.25, -0.2) is 0 Å². The van der Waals surface area contributed by atoms with Crippen molar-refractivity contribution in [3.8, 4) is 0 Å². The van der Waals surface area contributed by atoms with Gasteiger partial charge >= 0.3 is 14.2 Å². The molecule has 0 saturated heterocycles. The lowest BCUT2D eigenvalue weighted by molar-refractivity contribution is -0.212. The summed E-state index contributed by atoms with van der Waals surface area (Å²) in [6, 6.07) is -1.26. The number of hydrogen-bond donors (Lipinski definition) is 3. The summed E-state index contributed by atoms with van der Waals surface area (Å²) in [4.78, 5) is 21.9. The maximum absolute atomic E-state index is 9.98. The summed E-state index contributed by atoms with van der Waals surface area (Å²) >= 11 is 0. The fourth-order valence-electron chi connectivity index (χ4n) is 0.220. The Labute approximate surface area is 62.6 Å². The highest BCUT2D eigenvalue weighted by molar-refractivity contribution is 7.31. The van der Waals surface area contributed by atoms with Gasteiger partial charge in [0.2, 0.25) is 0 Å². The van der Waals surface area contributed by atoms with Gasteiger partial charge in [-0.15, -0.1) is 4.89 Å². The van der Waals surface area contributed by atoms with Gasteiger partial charge in [0.1, 0.15) is 12.6 Å². The molecule has 0 spiro atoms. The molecular weight excluding hydrogens is 177 g/mol. The Morgan fingerprint density at radius 1 is 1.73 bits per heavy atom. The highest BCUT2D eigenvalue weighted by Gasteiger charge is 2.18. The zero-order valence-corrected chi connectivity index (χ0v) is 6.23. The van der Waals surface area contributed by atoms with Gasteiger partial charge in [0, 0.05) is 4.57 Å². The molecule has 0 amide bonds. The Hall–Kier alpha value is -0.590. The minimum Gasteiger partial charge on any atom is -0.480 e. The number of carboxylic acid groups (broad SMARTS) is 1. The summed E-state index contributed by atoms with van der Waals surface area (Å²) in [7, 11) is -2.87. The van der Waals surface area contributed by atoms with Crippen molar-refractivity contribution in [2.75, 3.05) is 6.61 Å². The van der Waals surface area contributed by atoms with Crippen LogP contribution in [0.5, 0.6) is 0 Å². The van der Waals surface area contributed by atoms with E-state index in [2.05, 4.69) is 9.56 Å². The monoisotopic (exact) mass is 184 g/mol. The van der Waals surface area contributed by atoms with E-state index in [-0.39, 0.29) is 0 Å². The van der Waals surface area contributed by atoms with Crippen LogP contribution in [-0.2, 0) is 18.9 Å². The Morgan fingerprint density at radius 2 is 2.27 bits per heavy atom. The van der Waals surface area contributed by atoms with Crippen LogP contribution in [0.25, 0.3) is 0 Å². The van der Waals surface area contributed by atoms with Crippen molar-refractivity contribution in [2.24, 2.45) is 5.73 Å². The van der Waals surface area contributed by atoms with Gasteiger partial charge in [-0.2, -0.15) is 4.89 Å². The van der Waals surface area contributed by atoms with E-state index in [0.717, 1.165) is 0 Å². The summed E-state index contributed by atoms with van der Waals surface area (Å²) in [5.41, 5.74) is 4.92. The third-order valence-corrected chi connectivity index (χ3v) is 0.914. The third kappa shape index (κ3) is 5.84. The smallest absolute Gasteiger partial charge is 0.480 e. The van der Waals surface area contributed by atoms with Gasteiger partial charge in [-0.3, -0.25) is 4.79 Å². The lowest BCUT2D eigenvalue weighted by Crippen LogP contribution is -2.34. The Morgan fingerprint density at radius 3 is 2.64 bits per heavy atom. The maximum Gasteiger partial charge on any atom is 0.725 e. The molecule has 0 aromatic heterocycles. The number of aliphatic carboxylic acids is 1. The van der Waals surface area contributed by atoms with Crippen LogP contribution >= 0.6 is 8.25 Å². The fourth-order valence-corrected chi connectivity index (χ4v) is 0.371. The van der Waals surface area contributed by atoms with Crippen molar-refractivity contribution in [3.63, 3.8) is 0 Å². The largest absolute Gasteiger partial charge is 0.725 e. The molecule has 0 aliphatic heterocycles. The molecule has 0 heterocycles. The highest BCUT2D eigenvalue weighted by Crippen LogP contribution is 2.14. The zero-order valence-electron chi connectivity index (χ0n) is 5.34. The molecule has 0 aromatic carbocycles. The second kappa shape index (κ2) is 5.11. The van der Waals surface area contributed by atoms with E-state index in [0.29, 0.717) is 0 Å². The first kappa shape index (κ1) is 10.4. The maximum atomic E-state index is 9.98. The number of carboxylic acids is 1. The summed E-state index contributed by atoms with van der Waals surface area (Å²) in [5, 5.41) is 8.15. The SMILES string of the molecule is N[C@@H](COO[P+](=O)O)C(=O)O. The quantitative estimate of drug-likeness (QED) is 0.284. The second-order valence-corrected chi connectivity index (χ2v) is 2.17. The first-order valence-electron chi connectivity index (χ1n) is 2.48. The Kier molecular flexibility index (Phi) is 4.84. The molecule has 0 aromatic rings. The molecule has 0 aliphatic rings. The van der Waals surface area contributed by atoms with Gasteiger partial charge in [-0.05, 0) is 0 Å². The molecule has 0 aliphatic carbocycles. The average molecular weight is 184 g/mol. The van der Waals surface area contributed by atoms with E-state index >= 15 is 0 Å². The molecule has 2 atom stereocenters. The van der Waals surface area contributed by atoms with Crippen molar-refractivity contribution < 1.29 is 28.9 Å². The van der Waals surface area contributed by atoms with E-state index < -0.39 is 26.9 Å². The third-order valence-electron chi connectivity index (χ3n) is 0.681. The van der Waals surface area contributed by atoms with Crippen LogP contribution in [0.4, 0.5) is 0 Å². The van der Waals surface area contributed by atoms with Crippen LogP contribution < -0.4 is 5.73 Å². The van der Waals surface area contributed by atoms with Crippen molar-refractivity contribution in [1.29, 1.82) is 0 Å². The van der Waals surface area contributed by atoms with Crippen LogP contribution in [-0.4, -0.2) is 28.6 Å². The summed E-state index contributed by atoms with van der Waals surface area (Å²) < 4.78 is 13.4. The molecule has 0 radical (unpaired) electrons. The van der Waals surface area contributed by atoms with Gasteiger partial charge in [0.25, 0.3) is 0 Å². The van der Waals surface area contributed by atoms with Crippen molar-refractivity contribution in [3.05, 3.63) is 0 Å². The van der Waals surface area contributed by atoms with E-state index in [4.69, 9.17) is 15.7 Å². The molecule has 11 heavy (non-hydrogen) atoms. The van der Waals surface area contributed by atoms with Crippen molar-refractivity contribution in [1.82, 2.24) is 0 Å². The number of hydrogen-bond acceptors (Lipinski definition) is 5. The Bertz CT molecular complexity index is 160. The topological polar surface area (TPSA) is 119 Å². The van der Waals surface area contributed by atoms with Crippen LogP contribution in [0.2, 0.25) is 0 Å². The van der Waals surface area contributed by atoms with Crippen molar-refractivity contribution in [2.45, 2.75) is 6.04 Å². The predicted octanol–water partition coefficient (Wildman–Crippen LogP) is -1.00. The fraction of sp³-hybridized carbons (Fsp3) is 0.667. The van der Waals surface area contributed by atoms with Crippen LogP contribution in [0, 0.1) is 0 Å². The number of carbonyl (C=O) groups is 1. The van der Waals surface area contributed by atoms with E-state index in [1.807, 2.05) is 0 Å². The molecule has 8 heteroatoms. The Balaban J connectivity index is 3.39. The van der Waals surface area contributed by atoms with Gasteiger partial charge in [0.15, 0.2) is 0 Å². The molecular formula is C3H7NO6P+. The van der Waals surface area contributed by atoms with Gasteiger partial charge in [-0.1, -0.05) is 0 Å². The molecule has 0 rings (SSSR count). The van der Waals surface area contributed by atoms with Gasteiger partial charge < -0.3 is 10.8 Å². The standard InChI is InChI=1S/C3H6NO6P/c4-2(3(5)6)1-9-10-11(7)8/h2H,1,4H2,(H-,5,6,7,8)/p+1/t2-/m0/s1. The van der Waals surface area contributed by atoms with Crippen LogP contribution in [0.1, 0.15) is 0 Å². The molecule has 0 fully saturated rings. The molecule has 0 bridgehead atoms. The van der Waals surface area contributed by atoms with E-state index in [9.17, 15) is 9.36 Å². The molecule has 7 nitrogen and oxygen atoms in total. The first-order valence-corrected chi connectivity index (χ1v) is 3.61. The van der Waals surface area contributed by atoms with Crippen LogP contribution in [0.15, 0.2) is 0 Å². The molecule has 0 saturated carbocycles. The molecule has 1 unspecified atom stereocenters. The first-order chi connectivity index (χ1) is 5.04. The lowest BCUT2D eigenvalue weighted by Gasteiger charge is -1.99. The minimum absolute atomic E-state index is 0.475. The predicted molar refractivity (Wildman–Crippen MR) is 32.5 cm³/mol. The second-order valence-electron chi connectivity index (χ2n) is 1.54. The zero-order chi connectivity index (χ0) is 8.85. The van der Waals surface area contributed by atoms with Crippen LogP contribution in [0.3, 0.4) is 0 Å². The van der Waals surface area contributed by atoms with E-state index in [1.165, 1.54) is 0 Å². The summed E-state index contributed by atoms with van der Waals surface area (Å²) in [6.07, 6.45) is 0. The summed E-state index contributed by atoms with van der Waals surface area (Å²) in [6.45, 7) is -0.475. The highest BCUT2D eigenvalue weighted by atomic mass is 31.1. The number of nitrogens with two attached hydrogens (primary N) is 1. The summed E-state index contributed by atoms with van der Waals surface area (Å²) in [5.74, 6) is -1.28. The van der Waals surface area contributed by atoms with Crippen molar-refractivity contribution >= 4 is 14.2 Å². The minimum atomic E-state index is -2.87. The number of rotatable bonds is 5. The molecule has 64 valence electrons. The molecule has 4 N–H and O–H groups in total.